The van der Waals surface area contributed by atoms with Crippen LogP contribution in [0.1, 0.15) is 65.2 Å². The van der Waals surface area contributed by atoms with Crippen LogP contribution >= 0.6 is 0 Å². The third kappa shape index (κ3) is 2.97. The fraction of sp³-hybridized carbons (Fsp3) is 0.760. The molecule has 1 saturated heterocycles. The fourth-order valence-corrected chi connectivity index (χ4v) is 7.82. The van der Waals surface area contributed by atoms with Crippen LogP contribution in [0.5, 0.6) is 0 Å². The number of carbonyl (C=O) groups excluding carboxylic acids is 2. The van der Waals surface area contributed by atoms with Crippen LogP contribution in [0.25, 0.3) is 0 Å². The third-order valence-electron chi connectivity index (χ3n) is 9.29. The number of allylic oxidation sites excluding steroid dienone is 1. The number of hydrogen-bond acceptors (Lipinski definition) is 6. The molecular weight excluding hydrogens is 396 g/mol. The first-order valence-corrected chi connectivity index (χ1v) is 11.7. The zero-order valence-electron chi connectivity index (χ0n) is 19.1. The van der Waals surface area contributed by atoms with E-state index in [1.165, 1.54) is 18.8 Å². The van der Waals surface area contributed by atoms with Crippen LogP contribution in [-0.2, 0) is 28.5 Å². The van der Waals surface area contributed by atoms with Gasteiger partial charge < -0.3 is 18.9 Å². The first-order valence-electron chi connectivity index (χ1n) is 11.7. The molecular formula is C25H34O6. The van der Waals surface area contributed by atoms with Crippen LogP contribution in [0.4, 0.5) is 0 Å². The molecule has 1 spiro atoms. The van der Waals surface area contributed by atoms with Crippen molar-refractivity contribution in [2.24, 2.45) is 29.1 Å². The highest BCUT2D eigenvalue weighted by molar-refractivity contribution is 5.91. The Balaban J connectivity index is 1.50. The number of carbonyl (C=O) groups is 2. The highest BCUT2D eigenvalue weighted by Crippen LogP contribution is 2.69. The second-order valence-corrected chi connectivity index (χ2v) is 10.4. The van der Waals surface area contributed by atoms with Crippen molar-refractivity contribution in [3.63, 3.8) is 0 Å². The first-order chi connectivity index (χ1) is 14.7. The molecule has 3 saturated carbocycles. The summed E-state index contributed by atoms with van der Waals surface area (Å²) in [7, 11) is 2.95. The van der Waals surface area contributed by atoms with Crippen molar-refractivity contribution in [1.82, 2.24) is 0 Å². The number of esters is 1. The SMILES string of the molecule is COC(=O)/C=C1/OC(C)(OC)O[C@@]12CCC1[C@@H]3CCC4=CC(=O)CC[C@@H]4C3CC[C@@]12C. The lowest BCUT2D eigenvalue weighted by atomic mass is 9.50. The number of rotatable bonds is 2. The Morgan fingerprint density at radius 1 is 1.10 bits per heavy atom. The average Bonchev–Trinajstić information content (AvgIpc) is 3.22. The molecule has 1 aliphatic heterocycles. The van der Waals surface area contributed by atoms with Crippen molar-refractivity contribution < 1.29 is 28.5 Å². The molecule has 0 N–H and O–H groups in total. The van der Waals surface area contributed by atoms with E-state index < -0.39 is 17.5 Å². The van der Waals surface area contributed by atoms with Crippen LogP contribution in [-0.4, -0.2) is 37.5 Å². The lowest BCUT2D eigenvalue weighted by molar-refractivity contribution is -0.331. The second kappa shape index (κ2) is 7.17. The van der Waals surface area contributed by atoms with Crippen LogP contribution < -0.4 is 0 Å². The molecule has 0 amide bonds. The Kier molecular flexibility index (Phi) is 4.91. The molecule has 0 aromatic carbocycles. The molecule has 4 aliphatic carbocycles. The van der Waals surface area contributed by atoms with E-state index in [1.807, 2.05) is 6.08 Å². The molecule has 0 aromatic rings. The third-order valence-corrected chi connectivity index (χ3v) is 9.29. The van der Waals surface area contributed by atoms with Gasteiger partial charge in [0.05, 0.1) is 13.2 Å². The van der Waals surface area contributed by atoms with Crippen molar-refractivity contribution in [1.29, 1.82) is 0 Å². The van der Waals surface area contributed by atoms with E-state index in [0.29, 0.717) is 41.6 Å². The normalized spacial score (nSPS) is 47.4. The second-order valence-electron chi connectivity index (χ2n) is 10.4. The van der Waals surface area contributed by atoms with E-state index in [1.54, 1.807) is 14.0 Å². The monoisotopic (exact) mass is 430 g/mol. The van der Waals surface area contributed by atoms with E-state index >= 15 is 0 Å². The quantitative estimate of drug-likeness (QED) is 0.481. The number of ketones is 1. The molecule has 0 bridgehead atoms. The standard InChI is InChI=1S/C25H34O6/c1-23-11-9-18-17-8-6-16(26)13-15(17)5-7-19(18)20(23)10-12-25(23)21(14-22(27)28-3)30-24(2,29-4)31-25/h13-14,17-20H,5-12H2,1-4H3/b21-14+/t17-,18?,19+,20?,23-,24?,25-/m0/s1. The summed E-state index contributed by atoms with van der Waals surface area (Å²) < 4.78 is 23.2. The Hall–Kier alpha value is -1.66. The van der Waals surface area contributed by atoms with Gasteiger partial charge in [-0.25, -0.2) is 4.79 Å². The molecule has 1 heterocycles. The number of ether oxygens (including phenoxy) is 4. The zero-order chi connectivity index (χ0) is 22.0. The summed E-state index contributed by atoms with van der Waals surface area (Å²) in [5.41, 5.74) is 0.573. The highest BCUT2D eigenvalue weighted by atomic mass is 16.9. The van der Waals surface area contributed by atoms with Crippen LogP contribution in [0.3, 0.4) is 0 Å². The maximum Gasteiger partial charge on any atom is 0.333 e. The lowest BCUT2D eigenvalue weighted by Gasteiger charge is -2.55. The van der Waals surface area contributed by atoms with E-state index in [4.69, 9.17) is 18.9 Å². The summed E-state index contributed by atoms with van der Waals surface area (Å²) in [6, 6.07) is 0. The molecule has 0 aromatic heterocycles. The van der Waals surface area contributed by atoms with Gasteiger partial charge in [-0.05, 0) is 74.7 Å². The van der Waals surface area contributed by atoms with Gasteiger partial charge in [-0.1, -0.05) is 12.5 Å². The summed E-state index contributed by atoms with van der Waals surface area (Å²) in [6.45, 7) is 4.10. The molecule has 5 aliphatic rings. The topological polar surface area (TPSA) is 71.1 Å². The van der Waals surface area contributed by atoms with Gasteiger partial charge in [0.15, 0.2) is 5.78 Å². The van der Waals surface area contributed by atoms with Crippen molar-refractivity contribution >= 4 is 11.8 Å². The summed E-state index contributed by atoms with van der Waals surface area (Å²) >= 11 is 0. The molecule has 0 radical (unpaired) electrons. The summed E-state index contributed by atoms with van der Waals surface area (Å²) in [5.74, 6) is 1.53. The molecule has 6 heteroatoms. The Bertz CT molecular complexity index is 860. The molecule has 6 nitrogen and oxygen atoms in total. The number of fused-ring (bicyclic) bond motifs is 6. The Morgan fingerprint density at radius 2 is 1.90 bits per heavy atom. The van der Waals surface area contributed by atoms with Crippen molar-refractivity contribution in [2.75, 3.05) is 14.2 Å². The molecule has 4 fully saturated rings. The minimum Gasteiger partial charge on any atom is -0.466 e. The maximum atomic E-state index is 12.2. The average molecular weight is 431 g/mol. The van der Waals surface area contributed by atoms with E-state index in [-0.39, 0.29) is 5.41 Å². The zero-order valence-corrected chi connectivity index (χ0v) is 19.1. The molecule has 31 heavy (non-hydrogen) atoms. The minimum absolute atomic E-state index is 0.143. The van der Waals surface area contributed by atoms with Gasteiger partial charge in [-0.15, -0.1) is 0 Å². The number of hydrogen-bond donors (Lipinski definition) is 0. The van der Waals surface area contributed by atoms with Crippen LogP contribution in [0.2, 0.25) is 0 Å². The molecule has 7 atom stereocenters. The minimum atomic E-state index is -1.21. The van der Waals surface area contributed by atoms with Gasteiger partial charge in [0.1, 0.15) is 11.4 Å². The summed E-state index contributed by atoms with van der Waals surface area (Å²) in [6.07, 6.45) is 11.3. The predicted molar refractivity (Wildman–Crippen MR) is 113 cm³/mol. The van der Waals surface area contributed by atoms with Gasteiger partial charge in [-0.2, -0.15) is 0 Å². The van der Waals surface area contributed by atoms with E-state index in [9.17, 15) is 9.59 Å². The molecule has 5 rings (SSSR count). The fourth-order valence-electron chi connectivity index (χ4n) is 7.82. The summed E-state index contributed by atoms with van der Waals surface area (Å²) in [4.78, 5) is 24.1. The van der Waals surface area contributed by atoms with Gasteiger partial charge >= 0.3 is 11.9 Å². The van der Waals surface area contributed by atoms with Crippen molar-refractivity contribution in [3.8, 4) is 0 Å². The predicted octanol–water partition coefficient (Wildman–Crippen LogP) is 4.29. The van der Waals surface area contributed by atoms with Gasteiger partial charge in [0.25, 0.3) is 0 Å². The Labute approximate surface area is 184 Å². The molecule has 3 unspecified atom stereocenters. The summed E-state index contributed by atoms with van der Waals surface area (Å²) in [5, 5.41) is 0. The van der Waals surface area contributed by atoms with Gasteiger partial charge in [-0.3, -0.25) is 4.79 Å². The van der Waals surface area contributed by atoms with Crippen LogP contribution in [0, 0.1) is 29.1 Å². The van der Waals surface area contributed by atoms with Crippen molar-refractivity contribution in [2.45, 2.75) is 76.8 Å². The Morgan fingerprint density at radius 3 is 2.65 bits per heavy atom. The van der Waals surface area contributed by atoms with Gasteiger partial charge in [0, 0.05) is 25.9 Å². The first kappa shape index (κ1) is 21.2. The van der Waals surface area contributed by atoms with Crippen LogP contribution in [0.15, 0.2) is 23.5 Å². The van der Waals surface area contributed by atoms with Gasteiger partial charge in [0.2, 0.25) is 0 Å². The smallest absolute Gasteiger partial charge is 0.333 e. The largest absolute Gasteiger partial charge is 0.466 e. The maximum absolute atomic E-state index is 12.2. The highest BCUT2D eigenvalue weighted by Gasteiger charge is 2.70. The van der Waals surface area contributed by atoms with E-state index in [0.717, 1.165) is 44.9 Å². The van der Waals surface area contributed by atoms with Crippen molar-refractivity contribution in [3.05, 3.63) is 23.5 Å². The number of methoxy groups -OCH3 is 2. The lowest BCUT2D eigenvalue weighted by Crippen LogP contribution is -2.54. The molecule has 170 valence electrons. The van der Waals surface area contributed by atoms with E-state index in [2.05, 4.69) is 6.92 Å².